The molecule has 1 saturated heterocycles. The lowest BCUT2D eigenvalue weighted by atomic mass is 9.80. The number of carbonyl (C=O) groups is 2. The molecule has 32 heavy (non-hydrogen) atoms. The maximum Gasteiger partial charge on any atom is 0.490 e. The normalized spacial score (nSPS) is 18.2. The molecule has 0 aliphatic carbocycles. The molecular formula is C19H18F3N5O5. The van der Waals surface area contributed by atoms with Gasteiger partial charge in [-0.2, -0.15) is 22.8 Å². The summed E-state index contributed by atoms with van der Waals surface area (Å²) in [4.78, 5) is 31.4. The second-order valence-electron chi connectivity index (χ2n) is 6.89. The molecule has 0 bridgehead atoms. The first-order valence-corrected chi connectivity index (χ1v) is 9.15. The minimum Gasteiger partial charge on any atom is -0.497 e. The highest BCUT2D eigenvalue weighted by Gasteiger charge is 2.47. The van der Waals surface area contributed by atoms with Crippen molar-refractivity contribution in [2.45, 2.75) is 18.0 Å². The Labute approximate surface area is 178 Å². The number of alkyl halides is 3. The van der Waals surface area contributed by atoms with Gasteiger partial charge in [0.15, 0.2) is 11.5 Å². The number of halogens is 3. The third kappa shape index (κ3) is 4.40. The Morgan fingerprint density at radius 2 is 1.81 bits per heavy atom. The predicted octanol–water partition coefficient (Wildman–Crippen LogP) is 2.00. The van der Waals surface area contributed by atoms with Crippen LogP contribution < -0.4 is 9.64 Å². The number of rotatable bonds is 4. The Morgan fingerprint density at radius 3 is 2.38 bits per heavy atom. The van der Waals surface area contributed by atoms with Crippen LogP contribution in [0.3, 0.4) is 0 Å². The molecule has 4 rings (SSSR count). The van der Waals surface area contributed by atoms with Crippen LogP contribution in [0.2, 0.25) is 0 Å². The largest absolute Gasteiger partial charge is 0.497 e. The molecule has 2 aromatic heterocycles. The standard InChI is InChI=1S/C17H17N5O3.C2HF3O2/c1-25-13-4-2-12(3-5-13)17(16(23)24)6-7-21(10-17)15-9-18-8-14-19-11-20-22(14)15;3-2(4,5)1(6)7/h2-5,8-9,11H,6-7,10H2,1H3,(H,23,24);(H,6,7). The summed E-state index contributed by atoms with van der Waals surface area (Å²) in [5.41, 5.74) is 0.423. The molecule has 3 heterocycles. The average Bonchev–Trinajstić information content (AvgIpc) is 3.41. The SMILES string of the molecule is COc1ccc(C2(C(=O)O)CCN(c3cncc4ncnn34)C2)cc1.O=C(O)C(F)(F)F. The lowest BCUT2D eigenvalue weighted by Crippen LogP contribution is -2.39. The molecule has 1 aromatic carbocycles. The lowest BCUT2D eigenvalue weighted by Gasteiger charge is -2.26. The van der Waals surface area contributed by atoms with Gasteiger partial charge in [-0.05, 0) is 24.1 Å². The number of benzene rings is 1. The minimum absolute atomic E-state index is 0.343. The van der Waals surface area contributed by atoms with Gasteiger partial charge in [0.1, 0.15) is 17.5 Å². The van der Waals surface area contributed by atoms with Gasteiger partial charge in [0, 0.05) is 13.1 Å². The van der Waals surface area contributed by atoms with E-state index < -0.39 is 23.5 Å². The smallest absolute Gasteiger partial charge is 0.490 e. The van der Waals surface area contributed by atoms with Crippen LogP contribution in [0.1, 0.15) is 12.0 Å². The third-order valence-electron chi connectivity index (χ3n) is 5.06. The summed E-state index contributed by atoms with van der Waals surface area (Å²) in [6, 6.07) is 7.24. The molecule has 1 aliphatic rings. The van der Waals surface area contributed by atoms with Crippen LogP contribution in [0.25, 0.3) is 5.65 Å². The Balaban J connectivity index is 0.000000360. The lowest BCUT2D eigenvalue weighted by molar-refractivity contribution is -0.192. The number of hydrogen-bond acceptors (Lipinski definition) is 7. The fourth-order valence-corrected chi connectivity index (χ4v) is 3.40. The number of ether oxygens (including phenoxy) is 1. The Kier molecular flexibility index (Phi) is 6.18. The highest BCUT2D eigenvalue weighted by atomic mass is 19.4. The number of fused-ring (bicyclic) bond motifs is 1. The van der Waals surface area contributed by atoms with Crippen LogP contribution in [0.15, 0.2) is 43.0 Å². The van der Waals surface area contributed by atoms with E-state index >= 15 is 0 Å². The molecule has 13 heteroatoms. The van der Waals surface area contributed by atoms with E-state index in [2.05, 4.69) is 15.1 Å². The summed E-state index contributed by atoms with van der Waals surface area (Å²) in [6.45, 7) is 0.939. The van der Waals surface area contributed by atoms with Crippen molar-refractivity contribution in [1.82, 2.24) is 19.6 Å². The van der Waals surface area contributed by atoms with Crippen LogP contribution in [-0.4, -0.2) is 68.1 Å². The van der Waals surface area contributed by atoms with Gasteiger partial charge < -0.3 is 19.8 Å². The van der Waals surface area contributed by atoms with Gasteiger partial charge in [-0.3, -0.25) is 9.78 Å². The fourth-order valence-electron chi connectivity index (χ4n) is 3.40. The third-order valence-corrected chi connectivity index (χ3v) is 5.06. The average molecular weight is 453 g/mol. The number of aromatic nitrogens is 4. The molecule has 10 nitrogen and oxygen atoms in total. The van der Waals surface area contributed by atoms with Crippen LogP contribution in [0.4, 0.5) is 19.0 Å². The topological polar surface area (TPSA) is 130 Å². The zero-order valence-electron chi connectivity index (χ0n) is 16.7. The number of aliphatic carboxylic acids is 2. The zero-order valence-corrected chi connectivity index (χ0v) is 16.7. The van der Waals surface area contributed by atoms with Crippen molar-refractivity contribution < 1.29 is 37.7 Å². The summed E-state index contributed by atoms with van der Waals surface area (Å²) in [7, 11) is 1.59. The summed E-state index contributed by atoms with van der Waals surface area (Å²) in [5.74, 6) is -2.14. The van der Waals surface area contributed by atoms with Gasteiger partial charge in [-0.25, -0.2) is 9.78 Å². The van der Waals surface area contributed by atoms with E-state index in [1.807, 2.05) is 17.0 Å². The predicted molar refractivity (Wildman–Crippen MR) is 104 cm³/mol. The molecule has 3 aromatic rings. The van der Waals surface area contributed by atoms with Gasteiger partial charge in [0.05, 0.1) is 19.5 Å². The molecule has 1 unspecified atom stereocenters. The monoisotopic (exact) mass is 453 g/mol. The van der Waals surface area contributed by atoms with Crippen molar-refractivity contribution in [1.29, 1.82) is 0 Å². The van der Waals surface area contributed by atoms with Gasteiger partial charge in [-0.15, -0.1) is 0 Å². The van der Waals surface area contributed by atoms with Crippen LogP contribution in [-0.2, 0) is 15.0 Å². The molecule has 2 N–H and O–H groups in total. The number of carboxylic acid groups (broad SMARTS) is 2. The van der Waals surface area contributed by atoms with E-state index in [1.54, 1.807) is 36.2 Å². The van der Waals surface area contributed by atoms with Gasteiger partial charge in [-0.1, -0.05) is 12.1 Å². The molecule has 0 saturated carbocycles. The van der Waals surface area contributed by atoms with E-state index in [1.165, 1.54) is 6.33 Å². The van der Waals surface area contributed by atoms with Crippen molar-refractivity contribution in [3.63, 3.8) is 0 Å². The first-order valence-electron chi connectivity index (χ1n) is 9.15. The number of nitrogens with zero attached hydrogens (tertiary/aromatic N) is 5. The molecule has 1 atom stereocenters. The maximum absolute atomic E-state index is 12.2. The fraction of sp³-hybridized carbons (Fsp3) is 0.316. The van der Waals surface area contributed by atoms with Crippen molar-refractivity contribution >= 4 is 23.4 Å². The Hall–Kier alpha value is -3.90. The second kappa shape index (κ2) is 8.69. The van der Waals surface area contributed by atoms with Crippen LogP contribution in [0.5, 0.6) is 5.75 Å². The van der Waals surface area contributed by atoms with Gasteiger partial charge in [0.2, 0.25) is 0 Å². The van der Waals surface area contributed by atoms with E-state index in [0.717, 1.165) is 11.4 Å². The Morgan fingerprint density at radius 1 is 1.16 bits per heavy atom. The van der Waals surface area contributed by atoms with Gasteiger partial charge in [0.25, 0.3) is 0 Å². The van der Waals surface area contributed by atoms with E-state index in [9.17, 15) is 23.1 Å². The minimum atomic E-state index is -5.08. The molecule has 0 amide bonds. The number of methoxy groups -OCH3 is 1. The first-order chi connectivity index (χ1) is 15.1. The highest BCUT2D eigenvalue weighted by molar-refractivity contribution is 5.83. The number of anilines is 1. The molecule has 0 spiro atoms. The van der Waals surface area contributed by atoms with Crippen molar-refractivity contribution in [2.24, 2.45) is 0 Å². The highest BCUT2D eigenvalue weighted by Crippen LogP contribution is 2.37. The van der Waals surface area contributed by atoms with E-state index in [0.29, 0.717) is 30.9 Å². The second-order valence-corrected chi connectivity index (χ2v) is 6.89. The Bertz CT molecular complexity index is 1120. The number of hydrogen-bond donors (Lipinski definition) is 2. The first kappa shape index (κ1) is 22.8. The summed E-state index contributed by atoms with van der Waals surface area (Å²) < 4.78 is 38.6. The van der Waals surface area contributed by atoms with Crippen molar-refractivity contribution in [3.8, 4) is 5.75 Å². The van der Waals surface area contributed by atoms with E-state index in [4.69, 9.17) is 14.6 Å². The van der Waals surface area contributed by atoms with Crippen molar-refractivity contribution in [3.05, 3.63) is 48.5 Å². The molecular weight excluding hydrogens is 435 g/mol. The quantitative estimate of drug-likeness (QED) is 0.609. The maximum atomic E-state index is 12.2. The van der Waals surface area contributed by atoms with Crippen LogP contribution >= 0.6 is 0 Å². The summed E-state index contributed by atoms with van der Waals surface area (Å²) in [6.07, 6.45) is 0.193. The van der Waals surface area contributed by atoms with Gasteiger partial charge >= 0.3 is 18.1 Å². The van der Waals surface area contributed by atoms with E-state index in [-0.39, 0.29) is 0 Å². The molecule has 1 aliphatic heterocycles. The zero-order chi connectivity index (χ0) is 23.5. The summed E-state index contributed by atoms with van der Waals surface area (Å²) >= 11 is 0. The summed E-state index contributed by atoms with van der Waals surface area (Å²) in [5, 5.41) is 21.3. The van der Waals surface area contributed by atoms with Crippen LogP contribution in [0, 0.1) is 0 Å². The molecule has 170 valence electrons. The molecule has 0 radical (unpaired) electrons. The number of carboxylic acids is 2. The molecule has 1 fully saturated rings. The van der Waals surface area contributed by atoms with Crippen molar-refractivity contribution in [2.75, 3.05) is 25.1 Å².